The molecule has 1 atom stereocenters. The number of pyridine rings is 1. The molecule has 0 aliphatic carbocycles. The van der Waals surface area contributed by atoms with Gasteiger partial charge in [0, 0.05) is 31.5 Å². The molecule has 5 N–H and O–H groups in total. The number of rotatable bonds is 7. The summed E-state index contributed by atoms with van der Waals surface area (Å²) in [7, 11) is 0. The number of aromatic nitrogens is 1. The van der Waals surface area contributed by atoms with Crippen LogP contribution >= 0.6 is 0 Å². The fourth-order valence-corrected chi connectivity index (χ4v) is 3.80. The molecule has 8 nitrogen and oxygen atoms in total. The molecule has 4 rings (SSSR count). The van der Waals surface area contributed by atoms with Crippen LogP contribution in [0.5, 0.6) is 0 Å². The number of carbonyl (C=O) groups is 2. The first-order valence-corrected chi connectivity index (χ1v) is 11.2. The summed E-state index contributed by atoms with van der Waals surface area (Å²) in [6.07, 6.45) is -3.14. The first kappa shape index (κ1) is 25.9. The molecular formula is C25H23F4N5O3. The lowest BCUT2D eigenvalue weighted by molar-refractivity contribution is -0.137. The standard InChI is InChI=1S/C25H23F4N5O3/c26-17-4-7-20(19(11-17)25(27,28)29)33-18-5-1-15(2-6-18)12-32-23(36)24(9-10-37-14-24)34-22(35)16-3-8-21(30)31-13-16/h1-8,11,13,33H,9-10,12,14H2,(H2,30,31)(H,32,36)(H,34,35)/t24-/m0/s1. The van der Waals surface area contributed by atoms with E-state index in [-0.39, 0.29) is 43.2 Å². The van der Waals surface area contributed by atoms with Crippen molar-refractivity contribution in [3.63, 3.8) is 0 Å². The van der Waals surface area contributed by atoms with Gasteiger partial charge in [-0.15, -0.1) is 0 Å². The van der Waals surface area contributed by atoms with Crippen LogP contribution in [-0.2, 0) is 22.3 Å². The second-order valence-electron chi connectivity index (χ2n) is 8.50. The number of amides is 2. The number of alkyl halides is 3. The maximum Gasteiger partial charge on any atom is 0.418 e. The van der Waals surface area contributed by atoms with Gasteiger partial charge in [-0.25, -0.2) is 9.37 Å². The first-order chi connectivity index (χ1) is 17.6. The van der Waals surface area contributed by atoms with E-state index in [2.05, 4.69) is 20.9 Å². The van der Waals surface area contributed by atoms with Crippen molar-refractivity contribution in [1.29, 1.82) is 0 Å². The number of benzene rings is 2. The van der Waals surface area contributed by atoms with Crippen LogP contribution in [0.3, 0.4) is 0 Å². The zero-order valence-corrected chi connectivity index (χ0v) is 19.4. The number of ether oxygens (including phenoxy) is 1. The molecule has 1 aliphatic heterocycles. The van der Waals surface area contributed by atoms with E-state index in [9.17, 15) is 27.2 Å². The summed E-state index contributed by atoms with van der Waals surface area (Å²) in [6.45, 7) is 0.386. The lowest BCUT2D eigenvalue weighted by atomic mass is 9.96. The molecular weight excluding hydrogens is 494 g/mol. The number of anilines is 3. The van der Waals surface area contributed by atoms with Crippen molar-refractivity contribution in [3.8, 4) is 0 Å². The number of halogens is 4. The predicted molar refractivity (Wildman–Crippen MR) is 127 cm³/mol. The van der Waals surface area contributed by atoms with Crippen molar-refractivity contribution in [2.75, 3.05) is 24.3 Å². The normalized spacial score (nSPS) is 17.3. The summed E-state index contributed by atoms with van der Waals surface area (Å²) in [5.74, 6) is -1.67. The van der Waals surface area contributed by atoms with E-state index in [0.29, 0.717) is 17.3 Å². The third-order valence-electron chi connectivity index (χ3n) is 5.83. The maximum atomic E-state index is 13.3. The van der Waals surface area contributed by atoms with Crippen LogP contribution in [0.2, 0.25) is 0 Å². The highest BCUT2D eigenvalue weighted by molar-refractivity contribution is 5.99. The topological polar surface area (TPSA) is 118 Å². The van der Waals surface area contributed by atoms with Crippen LogP contribution in [0.4, 0.5) is 34.8 Å². The number of carbonyl (C=O) groups excluding carboxylic acids is 2. The molecule has 194 valence electrons. The van der Waals surface area contributed by atoms with Gasteiger partial charge in [0.1, 0.15) is 17.2 Å². The quantitative estimate of drug-likeness (QED) is 0.355. The number of hydrogen-bond donors (Lipinski definition) is 4. The molecule has 1 saturated heterocycles. The zero-order chi connectivity index (χ0) is 26.6. The first-order valence-electron chi connectivity index (χ1n) is 11.2. The van der Waals surface area contributed by atoms with Crippen LogP contribution < -0.4 is 21.7 Å². The number of nitrogens with one attached hydrogen (secondary N) is 3. The number of nitrogen functional groups attached to an aromatic ring is 1. The highest BCUT2D eigenvalue weighted by Gasteiger charge is 2.43. The molecule has 2 amide bonds. The summed E-state index contributed by atoms with van der Waals surface area (Å²) < 4.78 is 58.4. The van der Waals surface area contributed by atoms with Crippen molar-refractivity contribution >= 4 is 29.0 Å². The van der Waals surface area contributed by atoms with E-state index < -0.39 is 34.9 Å². The Morgan fingerprint density at radius 3 is 2.46 bits per heavy atom. The molecule has 2 aromatic carbocycles. The molecule has 0 radical (unpaired) electrons. The Kier molecular flexibility index (Phi) is 7.30. The second-order valence-corrected chi connectivity index (χ2v) is 8.50. The highest BCUT2D eigenvalue weighted by atomic mass is 19.4. The zero-order valence-electron chi connectivity index (χ0n) is 19.4. The number of nitrogens with zero attached hydrogens (tertiary/aromatic N) is 1. The van der Waals surface area contributed by atoms with Crippen LogP contribution in [0, 0.1) is 5.82 Å². The molecule has 2 heterocycles. The summed E-state index contributed by atoms with van der Waals surface area (Å²) in [5, 5.41) is 8.15. The summed E-state index contributed by atoms with van der Waals surface area (Å²) >= 11 is 0. The Labute approximate surface area is 209 Å². The van der Waals surface area contributed by atoms with Crippen LogP contribution in [-0.4, -0.2) is 35.6 Å². The van der Waals surface area contributed by atoms with Gasteiger partial charge in [-0.2, -0.15) is 13.2 Å². The van der Waals surface area contributed by atoms with Gasteiger partial charge in [-0.1, -0.05) is 12.1 Å². The third kappa shape index (κ3) is 6.15. The fourth-order valence-electron chi connectivity index (χ4n) is 3.80. The van der Waals surface area contributed by atoms with Gasteiger partial charge < -0.3 is 26.4 Å². The van der Waals surface area contributed by atoms with Crippen LogP contribution in [0.25, 0.3) is 0 Å². The Morgan fingerprint density at radius 2 is 1.84 bits per heavy atom. The average Bonchev–Trinajstić information content (AvgIpc) is 3.34. The molecule has 0 saturated carbocycles. The van der Waals surface area contributed by atoms with Gasteiger partial charge in [-0.05, 0) is 48.0 Å². The molecule has 0 bridgehead atoms. The van der Waals surface area contributed by atoms with Crippen LogP contribution in [0.1, 0.15) is 27.9 Å². The van der Waals surface area contributed by atoms with Gasteiger partial charge in [0.05, 0.1) is 23.4 Å². The van der Waals surface area contributed by atoms with E-state index in [0.717, 1.165) is 12.1 Å². The Hall–Kier alpha value is -4.19. The van der Waals surface area contributed by atoms with Gasteiger partial charge >= 0.3 is 6.18 Å². The highest BCUT2D eigenvalue weighted by Crippen LogP contribution is 2.36. The molecule has 1 fully saturated rings. The minimum atomic E-state index is -4.73. The van der Waals surface area contributed by atoms with Crippen molar-refractivity contribution in [3.05, 3.63) is 83.3 Å². The third-order valence-corrected chi connectivity index (χ3v) is 5.83. The molecule has 12 heteroatoms. The Morgan fingerprint density at radius 1 is 1.08 bits per heavy atom. The average molecular weight is 517 g/mol. The van der Waals surface area contributed by atoms with Gasteiger partial charge in [-0.3, -0.25) is 9.59 Å². The molecule has 1 aliphatic rings. The summed E-state index contributed by atoms with van der Waals surface area (Å²) in [4.78, 5) is 29.6. The predicted octanol–water partition coefficient (Wildman–Crippen LogP) is 3.77. The van der Waals surface area contributed by atoms with Gasteiger partial charge in [0.25, 0.3) is 5.91 Å². The summed E-state index contributed by atoms with van der Waals surface area (Å²) in [6, 6.07) is 11.7. The molecule has 0 unspecified atom stereocenters. The fraction of sp³-hybridized carbons (Fsp3) is 0.240. The number of nitrogens with two attached hydrogens (primary N) is 1. The van der Waals surface area contributed by atoms with Crippen molar-refractivity contribution in [2.24, 2.45) is 0 Å². The molecule has 3 aromatic rings. The molecule has 37 heavy (non-hydrogen) atoms. The lowest BCUT2D eigenvalue weighted by Crippen LogP contribution is -2.59. The maximum absolute atomic E-state index is 13.3. The van der Waals surface area contributed by atoms with Crippen molar-refractivity contribution < 1.29 is 31.9 Å². The minimum absolute atomic E-state index is 0.00492. The van der Waals surface area contributed by atoms with Crippen molar-refractivity contribution in [1.82, 2.24) is 15.6 Å². The number of hydrogen-bond acceptors (Lipinski definition) is 6. The van der Waals surface area contributed by atoms with E-state index in [1.165, 1.54) is 30.5 Å². The van der Waals surface area contributed by atoms with Crippen molar-refractivity contribution in [2.45, 2.75) is 24.7 Å². The smallest absolute Gasteiger partial charge is 0.384 e. The van der Waals surface area contributed by atoms with E-state index >= 15 is 0 Å². The van der Waals surface area contributed by atoms with Gasteiger partial charge in [0.2, 0.25) is 5.91 Å². The molecule has 1 aromatic heterocycles. The largest absolute Gasteiger partial charge is 0.418 e. The SMILES string of the molecule is Nc1ccc(C(=O)N[C@@]2(C(=O)NCc3ccc(Nc4ccc(F)cc4C(F)(F)F)cc3)CCOC2)cn1. The second kappa shape index (κ2) is 10.4. The minimum Gasteiger partial charge on any atom is -0.384 e. The van der Waals surface area contributed by atoms with Gasteiger partial charge in [0.15, 0.2) is 0 Å². The van der Waals surface area contributed by atoms with E-state index in [1.54, 1.807) is 12.1 Å². The van der Waals surface area contributed by atoms with E-state index in [4.69, 9.17) is 10.5 Å². The Bertz CT molecular complexity index is 1270. The monoisotopic (exact) mass is 517 g/mol. The summed E-state index contributed by atoms with van der Waals surface area (Å²) in [5.41, 5.74) is 4.12. The molecule has 0 spiro atoms. The van der Waals surface area contributed by atoms with Crippen LogP contribution in [0.15, 0.2) is 60.8 Å². The lowest BCUT2D eigenvalue weighted by Gasteiger charge is -2.27. The van der Waals surface area contributed by atoms with E-state index in [1.807, 2.05) is 0 Å². The Balaban J connectivity index is 1.39.